The summed E-state index contributed by atoms with van der Waals surface area (Å²) in [4.78, 5) is 50.3. The molecule has 0 saturated carbocycles. The third-order valence-electron chi connectivity index (χ3n) is 5.01. The third-order valence-corrected chi connectivity index (χ3v) is 5.33. The van der Waals surface area contributed by atoms with Gasteiger partial charge in [0.05, 0.1) is 22.5 Å². The lowest BCUT2D eigenvalue weighted by Gasteiger charge is -2.21. The van der Waals surface area contributed by atoms with E-state index < -0.39 is 36.4 Å². The molecule has 1 heterocycles. The molecule has 8 heteroatoms. The second-order valence-corrected chi connectivity index (χ2v) is 7.42. The van der Waals surface area contributed by atoms with Crippen molar-refractivity contribution in [2.24, 2.45) is 11.8 Å². The first-order chi connectivity index (χ1) is 13.3. The highest BCUT2D eigenvalue weighted by molar-refractivity contribution is 6.33. The van der Waals surface area contributed by atoms with Crippen LogP contribution in [0.4, 0.5) is 5.69 Å². The van der Waals surface area contributed by atoms with E-state index in [1.54, 1.807) is 18.2 Å². The second-order valence-electron chi connectivity index (χ2n) is 7.02. The van der Waals surface area contributed by atoms with Gasteiger partial charge in [-0.1, -0.05) is 29.8 Å². The molecule has 1 saturated heterocycles. The van der Waals surface area contributed by atoms with Gasteiger partial charge in [-0.2, -0.15) is 0 Å². The van der Waals surface area contributed by atoms with E-state index in [4.69, 9.17) is 16.3 Å². The zero-order valence-electron chi connectivity index (χ0n) is 15.6. The normalized spacial score (nSPS) is 22.0. The number of esters is 1. The van der Waals surface area contributed by atoms with Crippen molar-refractivity contribution in [1.29, 1.82) is 0 Å². The van der Waals surface area contributed by atoms with Gasteiger partial charge in [0.15, 0.2) is 6.61 Å². The summed E-state index contributed by atoms with van der Waals surface area (Å²) in [6, 6.07) is 4.05. The van der Waals surface area contributed by atoms with E-state index in [1.165, 1.54) is 6.92 Å². The Morgan fingerprint density at radius 3 is 2.39 bits per heavy atom. The lowest BCUT2D eigenvalue weighted by Crippen LogP contribution is -2.45. The lowest BCUT2D eigenvalue weighted by atomic mass is 9.85. The van der Waals surface area contributed by atoms with Crippen LogP contribution in [0.3, 0.4) is 0 Å². The molecule has 0 aromatic heterocycles. The number of ether oxygens (including phenoxy) is 1. The van der Waals surface area contributed by atoms with Crippen LogP contribution in [0.5, 0.6) is 0 Å². The highest BCUT2D eigenvalue weighted by atomic mass is 35.5. The standard InChI is InChI=1S/C20H21ClN2O5/c1-11-7-8-16(15(21)9-11)22-17(24)10-28-20(27)12(2)23-18(25)13-5-3-4-6-14(13)19(23)26/h3-4,7-9,12-14H,5-6,10H2,1-2H3,(H,22,24)/t12-,13-,14+/m0/s1. The van der Waals surface area contributed by atoms with Gasteiger partial charge >= 0.3 is 5.97 Å². The quantitative estimate of drug-likeness (QED) is 0.462. The fraction of sp³-hybridized carbons (Fsp3) is 0.400. The summed E-state index contributed by atoms with van der Waals surface area (Å²) >= 11 is 6.06. The first-order valence-corrected chi connectivity index (χ1v) is 9.42. The Labute approximate surface area is 167 Å². The van der Waals surface area contributed by atoms with Gasteiger partial charge in [-0.25, -0.2) is 4.79 Å². The second kappa shape index (κ2) is 8.14. The highest BCUT2D eigenvalue weighted by Gasteiger charge is 2.50. The van der Waals surface area contributed by atoms with E-state index in [2.05, 4.69) is 5.32 Å². The molecule has 1 aliphatic carbocycles. The number of amides is 3. The Kier molecular flexibility index (Phi) is 5.84. The maximum atomic E-state index is 12.5. The average Bonchev–Trinajstić information content (AvgIpc) is 2.92. The van der Waals surface area contributed by atoms with Crippen LogP contribution in [0.1, 0.15) is 25.3 Å². The van der Waals surface area contributed by atoms with Gasteiger partial charge in [0.1, 0.15) is 6.04 Å². The van der Waals surface area contributed by atoms with Crippen molar-refractivity contribution in [3.05, 3.63) is 40.9 Å². The van der Waals surface area contributed by atoms with Crippen LogP contribution in [0.2, 0.25) is 5.02 Å². The Balaban J connectivity index is 1.56. The molecule has 2 aliphatic rings. The van der Waals surface area contributed by atoms with E-state index in [-0.39, 0.29) is 11.8 Å². The Bertz CT molecular complexity index is 840. The third kappa shape index (κ3) is 3.94. The minimum atomic E-state index is -1.08. The first kappa shape index (κ1) is 20.1. The van der Waals surface area contributed by atoms with E-state index in [0.29, 0.717) is 23.6 Å². The summed E-state index contributed by atoms with van der Waals surface area (Å²) in [7, 11) is 0. The van der Waals surface area contributed by atoms with E-state index >= 15 is 0 Å². The fourth-order valence-electron chi connectivity index (χ4n) is 3.48. The molecule has 0 unspecified atom stereocenters. The molecule has 7 nitrogen and oxygen atoms in total. The number of nitrogens with one attached hydrogen (secondary N) is 1. The van der Waals surface area contributed by atoms with Crippen LogP contribution in [0.25, 0.3) is 0 Å². The van der Waals surface area contributed by atoms with Crippen molar-refractivity contribution in [3.63, 3.8) is 0 Å². The van der Waals surface area contributed by atoms with Gasteiger partial charge in [-0.15, -0.1) is 0 Å². The van der Waals surface area contributed by atoms with Gasteiger partial charge < -0.3 is 10.1 Å². The molecular formula is C20H21ClN2O5. The van der Waals surface area contributed by atoms with Gasteiger partial charge in [-0.3, -0.25) is 19.3 Å². The molecule has 3 rings (SSSR count). The molecule has 1 aliphatic heterocycles. The summed E-state index contributed by atoms with van der Waals surface area (Å²) in [6.45, 7) is 2.75. The average molecular weight is 405 g/mol. The SMILES string of the molecule is Cc1ccc(NC(=O)COC(=O)[C@H](C)N2C(=O)[C@H]3CC=CC[C@H]3C2=O)c(Cl)c1. The predicted molar refractivity (Wildman–Crippen MR) is 102 cm³/mol. The van der Waals surface area contributed by atoms with Gasteiger partial charge in [0, 0.05) is 0 Å². The number of imide groups is 1. The summed E-state index contributed by atoms with van der Waals surface area (Å²) in [5.74, 6) is -2.93. The van der Waals surface area contributed by atoms with Crippen molar-refractivity contribution < 1.29 is 23.9 Å². The van der Waals surface area contributed by atoms with Crippen molar-refractivity contribution in [1.82, 2.24) is 4.90 Å². The topological polar surface area (TPSA) is 92.8 Å². The molecule has 1 aromatic rings. The van der Waals surface area contributed by atoms with E-state index in [1.807, 2.05) is 19.1 Å². The van der Waals surface area contributed by atoms with Crippen molar-refractivity contribution in [2.45, 2.75) is 32.7 Å². The summed E-state index contributed by atoms with van der Waals surface area (Å²) in [5, 5.41) is 2.93. The van der Waals surface area contributed by atoms with Gasteiger partial charge in [0.25, 0.3) is 5.91 Å². The summed E-state index contributed by atoms with van der Waals surface area (Å²) < 4.78 is 5.01. The van der Waals surface area contributed by atoms with Crippen molar-refractivity contribution in [3.8, 4) is 0 Å². The van der Waals surface area contributed by atoms with Crippen LogP contribution >= 0.6 is 11.6 Å². The number of carbonyl (C=O) groups is 4. The number of hydrogen-bond acceptors (Lipinski definition) is 5. The van der Waals surface area contributed by atoms with Crippen molar-refractivity contribution in [2.75, 3.05) is 11.9 Å². The maximum absolute atomic E-state index is 12.5. The lowest BCUT2D eigenvalue weighted by molar-refractivity contribution is -0.159. The Morgan fingerprint density at radius 1 is 1.21 bits per heavy atom. The molecule has 148 valence electrons. The van der Waals surface area contributed by atoms with E-state index in [0.717, 1.165) is 10.5 Å². The number of carbonyl (C=O) groups excluding carboxylic acids is 4. The molecule has 0 spiro atoms. The number of benzene rings is 1. The molecular weight excluding hydrogens is 384 g/mol. The van der Waals surface area contributed by atoms with Crippen LogP contribution in [-0.2, 0) is 23.9 Å². The molecule has 0 radical (unpaired) electrons. The number of nitrogens with zero attached hydrogens (tertiary/aromatic N) is 1. The first-order valence-electron chi connectivity index (χ1n) is 9.04. The number of hydrogen-bond donors (Lipinski definition) is 1. The largest absolute Gasteiger partial charge is 0.454 e. The monoisotopic (exact) mass is 404 g/mol. The van der Waals surface area contributed by atoms with Gasteiger partial charge in [-0.05, 0) is 44.4 Å². The van der Waals surface area contributed by atoms with Crippen LogP contribution in [-0.4, -0.2) is 41.2 Å². The zero-order valence-corrected chi connectivity index (χ0v) is 16.4. The number of aryl methyl sites for hydroxylation is 1. The van der Waals surface area contributed by atoms with E-state index in [9.17, 15) is 19.2 Å². The number of rotatable bonds is 5. The Morgan fingerprint density at radius 2 is 1.82 bits per heavy atom. The predicted octanol–water partition coefficient (Wildman–Crippen LogP) is 2.47. The minimum absolute atomic E-state index is 0.361. The molecule has 3 amide bonds. The molecule has 0 bridgehead atoms. The number of anilines is 1. The zero-order chi connectivity index (χ0) is 20.4. The molecule has 3 atom stereocenters. The fourth-order valence-corrected chi connectivity index (χ4v) is 3.76. The summed E-state index contributed by atoms with van der Waals surface area (Å²) in [5.41, 5.74) is 1.35. The minimum Gasteiger partial charge on any atom is -0.454 e. The molecule has 1 fully saturated rings. The number of halogens is 1. The summed E-state index contributed by atoms with van der Waals surface area (Å²) in [6.07, 6.45) is 4.74. The Hall–Kier alpha value is -2.67. The molecule has 1 aromatic carbocycles. The number of likely N-dealkylation sites (tertiary alicyclic amines) is 1. The maximum Gasteiger partial charge on any atom is 0.329 e. The van der Waals surface area contributed by atoms with Gasteiger partial charge in [0.2, 0.25) is 11.8 Å². The number of allylic oxidation sites excluding steroid dienone is 2. The van der Waals surface area contributed by atoms with Crippen molar-refractivity contribution >= 4 is 41.0 Å². The highest BCUT2D eigenvalue weighted by Crippen LogP contribution is 2.36. The number of fused-ring (bicyclic) bond motifs is 1. The molecule has 28 heavy (non-hydrogen) atoms. The van der Waals surface area contributed by atoms with Crippen LogP contribution in [0.15, 0.2) is 30.4 Å². The van der Waals surface area contributed by atoms with Crippen LogP contribution < -0.4 is 5.32 Å². The smallest absolute Gasteiger partial charge is 0.329 e. The molecule has 1 N–H and O–H groups in total. The van der Waals surface area contributed by atoms with Crippen LogP contribution in [0, 0.1) is 18.8 Å².